The molecular weight excluding hydrogens is 224 g/mol. The molecule has 4 nitrogen and oxygen atoms in total. The van der Waals surface area contributed by atoms with Crippen LogP contribution in [0.5, 0.6) is 5.75 Å². The molecule has 0 radical (unpaired) electrons. The van der Waals surface area contributed by atoms with Gasteiger partial charge in [-0.2, -0.15) is 5.10 Å². The Morgan fingerprint density at radius 2 is 2.38 bits per heavy atom. The van der Waals surface area contributed by atoms with Gasteiger partial charge in [-0.3, -0.25) is 9.31 Å². The van der Waals surface area contributed by atoms with Crippen molar-refractivity contribution in [2.75, 3.05) is 7.11 Å². The maximum atomic E-state index is 12.0. The van der Waals surface area contributed by atoms with Crippen molar-refractivity contribution in [2.24, 2.45) is 0 Å². The van der Waals surface area contributed by atoms with Gasteiger partial charge in [0, 0.05) is 16.0 Å². The summed E-state index contributed by atoms with van der Waals surface area (Å²) in [4.78, 5) is 0.845. The summed E-state index contributed by atoms with van der Waals surface area (Å²) in [6.45, 7) is 0. The minimum absolute atomic E-state index is 0.533. The number of hydrogen-bond acceptors (Lipinski definition) is 3. The van der Waals surface area contributed by atoms with E-state index in [9.17, 15) is 4.21 Å². The Morgan fingerprint density at radius 1 is 1.50 bits per heavy atom. The van der Waals surface area contributed by atoms with Crippen LogP contribution in [-0.2, 0) is 16.6 Å². The highest BCUT2D eigenvalue weighted by Crippen LogP contribution is 2.36. The molecule has 1 unspecified atom stereocenters. The minimum Gasteiger partial charge on any atom is -0.497 e. The molecule has 0 saturated heterocycles. The van der Waals surface area contributed by atoms with E-state index in [4.69, 9.17) is 4.74 Å². The Labute approximate surface area is 95.1 Å². The van der Waals surface area contributed by atoms with Crippen molar-refractivity contribution in [3.8, 4) is 17.0 Å². The van der Waals surface area contributed by atoms with Crippen molar-refractivity contribution in [1.29, 1.82) is 0 Å². The van der Waals surface area contributed by atoms with Gasteiger partial charge in [-0.1, -0.05) is 0 Å². The van der Waals surface area contributed by atoms with Crippen LogP contribution in [0.2, 0.25) is 0 Å². The first kappa shape index (κ1) is 9.59. The summed E-state index contributed by atoms with van der Waals surface area (Å²) in [6.07, 6.45) is 1.73. The summed E-state index contributed by atoms with van der Waals surface area (Å²) < 4.78 is 17.1. The zero-order chi connectivity index (χ0) is 11.1. The lowest BCUT2D eigenvalue weighted by Gasteiger charge is -2.15. The number of aromatic amines is 1. The summed E-state index contributed by atoms with van der Waals surface area (Å²) in [7, 11) is 0.640. The highest BCUT2D eigenvalue weighted by Gasteiger charge is 2.23. The lowest BCUT2D eigenvalue weighted by Crippen LogP contribution is -2.05. The van der Waals surface area contributed by atoms with Crippen LogP contribution in [-0.4, -0.2) is 21.5 Å². The summed E-state index contributed by atoms with van der Waals surface area (Å²) in [5, 5.41) is 6.94. The third-order valence-corrected chi connectivity index (χ3v) is 4.13. The normalized spacial score (nSPS) is 17.7. The summed E-state index contributed by atoms with van der Waals surface area (Å²) >= 11 is 0. The number of fused-ring (bicyclic) bond motifs is 3. The van der Waals surface area contributed by atoms with Crippen LogP contribution < -0.4 is 4.74 Å². The summed E-state index contributed by atoms with van der Waals surface area (Å²) in [5.41, 5.74) is 2.88. The molecule has 0 saturated carbocycles. The molecule has 82 valence electrons. The molecule has 3 rings (SSSR count). The molecule has 0 amide bonds. The highest BCUT2D eigenvalue weighted by atomic mass is 32.2. The maximum absolute atomic E-state index is 12.0. The number of ether oxygens (including phenoxy) is 1. The van der Waals surface area contributed by atoms with E-state index in [0.29, 0.717) is 5.75 Å². The van der Waals surface area contributed by atoms with Gasteiger partial charge in [0.05, 0.1) is 35.6 Å². The van der Waals surface area contributed by atoms with Gasteiger partial charge in [-0.15, -0.1) is 0 Å². The number of nitrogens with zero attached hydrogens (tertiary/aromatic N) is 1. The Kier molecular flexibility index (Phi) is 2.07. The Bertz CT molecular complexity index is 577. The second kappa shape index (κ2) is 3.45. The van der Waals surface area contributed by atoms with E-state index in [1.54, 1.807) is 13.3 Å². The van der Waals surface area contributed by atoms with Gasteiger partial charge in [0.2, 0.25) is 0 Å². The molecule has 1 N–H and O–H groups in total. The predicted octanol–water partition coefficient (Wildman–Crippen LogP) is 1.71. The molecule has 0 fully saturated rings. The van der Waals surface area contributed by atoms with Crippen molar-refractivity contribution >= 4 is 10.8 Å². The number of hydrogen-bond donors (Lipinski definition) is 1. The maximum Gasteiger partial charge on any atom is 0.119 e. The lowest BCUT2D eigenvalue weighted by atomic mass is 10.1. The second-order valence-corrected chi connectivity index (χ2v) is 5.04. The smallest absolute Gasteiger partial charge is 0.119 e. The number of nitrogens with one attached hydrogen (secondary N) is 1. The van der Waals surface area contributed by atoms with E-state index in [2.05, 4.69) is 10.2 Å². The standard InChI is InChI=1S/C11H10N2O2S/c1-15-8-2-3-10-9(4-8)11-7(5-12-13-11)6-16(10)14/h2-5H,6H2,1H3,(H,12,13). The fourth-order valence-electron chi connectivity index (χ4n) is 1.90. The molecule has 1 aliphatic heterocycles. The quantitative estimate of drug-likeness (QED) is 0.817. The molecule has 0 bridgehead atoms. The summed E-state index contributed by atoms with van der Waals surface area (Å²) in [6, 6.07) is 5.58. The molecule has 2 aromatic rings. The average Bonchev–Trinajstić information content (AvgIpc) is 2.76. The van der Waals surface area contributed by atoms with Crippen LogP contribution in [0, 0.1) is 0 Å². The van der Waals surface area contributed by atoms with Crippen molar-refractivity contribution in [1.82, 2.24) is 10.2 Å². The van der Waals surface area contributed by atoms with E-state index in [1.807, 2.05) is 18.2 Å². The van der Waals surface area contributed by atoms with Crippen molar-refractivity contribution in [2.45, 2.75) is 10.6 Å². The number of methoxy groups -OCH3 is 1. The summed E-state index contributed by atoms with van der Waals surface area (Å²) in [5.74, 6) is 1.30. The van der Waals surface area contributed by atoms with Crippen LogP contribution in [0.4, 0.5) is 0 Å². The largest absolute Gasteiger partial charge is 0.497 e. The Morgan fingerprint density at radius 3 is 3.19 bits per heavy atom. The molecule has 0 spiro atoms. The molecule has 1 atom stereocenters. The molecule has 5 heteroatoms. The number of H-pyrrole nitrogens is 1. The highest BCUT2D eigenvalue weighted by molar-refractivity contribution is 7.84. The van der Waals surface area contributed by atoms with Gasteiger partial charge in [-0.05, 0) is 18.2 Å². The molecular formula is C11H10N2O2S. The van der Waals surface area contributed by atoms with Gasteiger partial charge in [0.15, 0.2) is 0 Å². The molecule has 0 aliphatic carbocycles. The van der Waals surface area contributed by atoms with Gasteiger partial charge >= 0.3 is 0 Å². The first-order valence-electron chi connectivity index (χ1n) is 4.88. The fourth-order valence-corrected chi connectivity index (χ4v) is 3.19. The minimum atomic E-state index is -0.981. The van der Waals surface area contributed by atoms with Gasteiger partial charge < -0.3 is 4.74 Å². The first-order valence-corrected chi connectivity index (χ1v) is 6.20. The lowest BCUT2D eigenvalue weighted by molar-refractivity contribution is 0.414. The van der Waals surface area contributed by atoms with Gasteiger partial charge in [0.1, 0.15) is 5.75 Å². The van der Waals surface area contributed by atoms with Crippen LogP contribution in [0.3, 0.4) is 0 Å². The zero-order valence-electron chi connectivity index (χ0n) is 8.69. The Balaban J connectivity index is 2.28. The van der Waals surface area contributed by atoms with Crippen LogP contribution in [0.1, 0.15) is 5.56 Å². The van der Waals surface area contributed by atoms with E-state index in [1.165, 1.54) is 0 Å². The van der Waals surface area contributed by atoms with Gasteiger partial charge in [0.25, 0.3) is 0 Å². The third-order valence-electron chi connectivity index (χ3n) is 2.71. The molecule has 1 aromatic heterocycles. The molecule has 2 heterocycles. The predicted molar refractivity (Wildman–Crippen MR) is 60.7 cm³/mol. The SMILES string of the molecule is COc1ccc2c(c1)-c1[nH]ncc1CS2=O. The van der Waals surface area contributed by atoms with E-state index in [0.717, 1.165) is 27.5 Å². The van der Waals surface area contributed by atoms with E-state index in [-0.39, 0.29) is 0 Å². The van der Waals surface area contributed by atoms with Crippen LogP contribution in [0.25, 0.3) is 11.3 Å². The van der Waals surface area contributed by atoms with E-state index < -0.39 is 10.8 Å². The molecule has 16 heavy (non-hydrogen) atoms. The molecule has 1 aromatic carbocycles. The van der Waals surface area contributed by atoms with Crippen LogP contribution in [0.15, 0.2) is 29.3 Å². The van der Waals surface area contributed by atoms with Crippen molar-refractivity contribution < 1.29 is 8.95 Å². The fraction of sp³-hybridized carbons (Fsp3) is 0.182. The number of benzene rings is 1. The third kappa shape index (κ3) is 1.28. The van der Waals surface area contributed by atoms with Crippen molar-refractivity contribution in [3.63, 3.8) is 0 Å². The Hall–Kier alpha value is -1.62. The van der Waals surface area contributed by atoms with Crippen LogP contribution >= 0.6 is 0 Å². The first-order chi connectivity index (χ1) is 7.79. The number of aromatic nitrogens is 2. The van der Waals surface area contributed by atoms with Gasteiger partial charge in [-0.25, -0.2) is 0 Å². The topological polar surface area (TPSA) is 55.0 Å². The zero-order valence-corrected chi connectivity index (χ0v) is 9.50. The van der Waals surface area contributed by atoms with Crippen molar-refractivity contribution in [3.05, 3.63) is 30.0 Å². The monoisotopic (exact) mass is 234 g/mol. The molecule has 1 aliphatic rings. The van der Waals surface area contributed by atoms with E-state index >= 15 is 0 Å². The second-order valence-electron chi connectivity index (χ2n) is 3.62. The number of rotatable bonds is 1. The average molecular weight is 234 g/mol.